The second kappa shape index (κ2) is 5.85. The number of carbonyl (C=O) groups excluding carboxylic acids is 1. The third kappa shape index (κ3) is 2.65. The van der Waals surface area contributed by atoms with Crippen LogP contribution in [0.15, 0.2) is 24.3 Å². The molecule has 5 heteroatoms. The van der Waals surface area contributed by atoms with Gasteiger partial charge in [-0.1, -0.05) is 38.1 Å². The van der Waals surface area contributed by atoms with Crippen molar-refractivity contribution in [3.05, 3.63) is 35.4 Å². The van der Waals surface area contributed by atoms with E-state index >= 15 is 0 Å². The number of nitrogens with two attached hydrogens (primary N) is 1. The number of carboxylic acid groups (broad SMARTS) is 1. The zero-order valence-corrected chi connectivity index (χ0v) is 12.5. The zero-order chi connectivity index (χ0) is 15.6. The van der Waals surface area contributed by atoms with Crippen LogP contribution in [0.4, 0.5) is 0 Å². The van der Waals surface area contributed by atoms with Gasteiger partial charge in [0.2, 0.25) is 5.91 Å². The molecule has 0 fully saturated rings. The number of fused-ring (bicyclic) bond motifs is 1. The Labute approximate surface area is 124 Å². The van der Waals surface area contributed by atoms with E-state index in [1.807, 2.05) is 26.0 Å². The molecular formula is C16H22N2O3. The highest BCUT2D eigenvalue weighted by atomic mass is 16.4. The Bertz CT molecular complexity index is 552. The standard InChI is InChI=1S/C16H22N2O3/c1-3-16(17,4-2)15(21)18-10-9-11-7-5-6-8-12(11)13(18)14(19)20/h5-8,13H,3-4,9-10,17H2,1-2H3,(H,19,20). The van der Waals surface area contributed by atoms with Crippen LogP contribution in [-0.2, 0) is 16.0 Å². The number of carboxylic acids is 1. The fraction of sp³-hybridized carbons (Fsp3) is 0.500. The summed E-state index contributed by atoms with van der Waals surface area (Å²) in [4.78, 5) is 25.9. The van der Waals surface area contributed by atoms with Crippen LogP contribution in [0.2, 0.25) is 0 Å². The molecule has 0 radical (unpaired) electrons. The Kier molecular flexibility index (Phi) is 4.32. The normalized spacial score (nSPS) is 18.2. The van der Waals surface area contributed by atoms with Crippen LogP contribution in [0, 0.1) is 0 Å². The van der Waals surface area contributed by atoms with E-state index < -0.39 is 17.6 Å². The first-order valence-electron chi connectivity index (χ1n) is 7.35. The lowest BCUT2D eigenvalue weighted by atomic mass is 9.87. The Morgan fingerprint density at radius 2 is 1.95 bits per heavy atom. The predicted octanol–water partition coefficient (Wildman–Crippen LogP) is 1.71. The number of benzene rings is 1. The minimum atomic E-state index is -1.01. The Morgan fingerprint density at radius 3 is 2.52 bits per heavy atom. The first-order chi connectivity index (χ1) is 9.94. The molecule has 1 heterocycles. The molecule has 1 aromatic carbocycles. The fourth-order valence-electron chi connectivity index (χ4n) is 2.89. The van der Waals surface area contributed by atoms with Gasteiger partial charge in [-0.3, -0.25) is 4.79 Å². The van der Waals surface area contributed by atoms with Crippen molar-refractivity contribution < 1.29 is 14.7 Å². The average molecular weight is 290 g/mol. The van der Waals surface area contributed by atoms with Gasteiger partial charge in [-0.2, -0.15) is 0 Å². The van der Waals surface area contributed by atoms with E-state index in [1.165, 1.54) is 4.90 Å². The van der Waals surface area contributed by atoms with Crippen LogP contribution in [-0.4, -0.2) is 34.0 Å². The van der Waals surface area contributed by atoms with Crippen molar-refractivity contribution >= 4 is 11.9 Å². The van der Waals surface area contributed by atoms with Crippen LogP contribution in [0.25, 0.3) is 0 Å². The molecule has 1 aliphatic heterocycles. The molecule has 1 aliphatic rings. The molecular weight excluding hydrogens is 268 g/mol. The monoisotopic (exact) mass is 290 g/mol. The Balaban J connectivity index is 2.42. The molecule has 2 rings (SSSR count). The highest BCUT2D eigenvalue weighted by molar-refractivity contribution is 5.91. The first-order valence-corrected chi connectivity index (χ1v) is 7.35. The van der Waals surface area contributed by atoms with E-state index in [4.69, 9.17) is 5.73 Å². The van der Waals surface area contributed by atoms with Crippen LogP contribution in [0.3, 0.4) is 0 Å². The highest BCUT2D eigenvalue weighted by Crippen LogP contribution is 2.32. The van der Waals surface area contributed by atoms with Gasteiger partial charge in [0.25, 0.3) is 0 Å². The topological polar surface area (TPSA) is 83.6 Å². The molecule has 1 atom stereocenters. The van der Waals surface area contributed by atoms with Crippen molar-refractivity contribution in [2.45, 2.75) is 44.7 Å². The van der Waals surface area contributed by atoms with Gasteiger partial charge in [-0.15, -0.1) is 0 Å². The molecule has 21 heavy (non-hydrogen) atoms. The largest absolute Gasteiger partial charge is 0.479 e. The van der Waals surface area contributed by atoms with E-state index in [-0.39, 0.29) is 5.91 Å². The second-order valence-corrected chi connectivity index (χ2v) is 5.55. The van der Waals surface area contributed by atoms with Crippen molar-refractivity contribution in [1.29, 1.82) is 0 Å². The summed E-state index contributed by atoms with van der Waals surface area (Å²) in [6, 6.07) is 6.45. The summed E-state index contributed by atoms with van der Waals surface area (Å²) < 4.78 is 0. The minimum Gasteiger partial charge on any atom is -0.479 e. The molecule has 5 nitrogen and oxygen atoms in total. The van der Waals surface area contributed by atoms with Crippen LogP contribution < -0.4 is 5.73 Å². The van der Waals surface area contributed by atoms with Crippen molar-refractivity contribution in [3.8, 4) is 0 Å². The van der Waals surface area contributed by atoms with Gasteiger partial charge in [-0.25, -0.2) is 4.79 Å². The van der Waals surface area contributed by atoms with Crippen molar-refractivity contribution in [2.24, 2.45) is 5.73 Å². The van der Waals surface area contributed by atoms with E-state index in [1.54, 1.807) is 12.1 Å². The summed E-state index contributed by atoms with van der Waals surface area (Å²) >= 11 is 0. The SMILES string of the molecule is CCC(N)(CC)C(=O)N1CCc2ccccc2C1C(=O)O. The van der Waals surface area contributed by atoms with Crippen LogP contribution in [0.1, 0.15) is 43.9 Å². The van der Waals surface area contributed by atoms with Gasteiger partial charge in [0.05, 0.1) is 5.54 Å². The maximum Gasteiger partial charge on any atom is 0.331 e. The van der Waals surface area contributed by atoms with Crippen molar-refractivity contribution in [1.82, 2.24) is 4.90 Å². The highest BCUT2D eigenvalue weighted by Gasteiger charge is 2.42. The molecule has 0 bridgehead atoms. The van der Waals surface area contributed by atoms with E-state index in [9.17, 15) is 14.7 Å². The van der Waals surface area contributed by atoms with E-state index in [0.717, 1.165) is 5.56 Å². The summed E-state index contributed by atoms with van der Waals surface area (Å²) in [7, 11) is 0. The van der Waals surface area contributed by atoms with Gasteiger partial charge in [0, 0.05) is 6.54 Å². The van der Waals surface area contributed by atoms with Gasteiger partial charge >= 0.3 is 5.97 Å². The second-order valence-electron chi connectivity index (χ2n) is 5.55. The summed E-state index contributed by atoms with van der Waals surface area (Å²) in [5, 5.41) is 9.58. The molecule has 3 N–H and O–H groups in total. The minimum absolute atomic E-state index is 0.269. The number of nitrogens with zero attached hydrogens (tertiary/aromatic N) is 1. The number of rotatable bonds is 4. The van der Waals surface area contributed by atoms with Gasteiger partial charge in [-0.05, 0) is 30.4 Å². The number of aliphatic carboxylic acids is 1. The van der Waals surface area contributed by atoms with E-state index in [0.29, 0.717) is 31.4 Å². The molecule has 0 saturated carbocycles. The summed E-state index contributed by atoms with van der Waals surface area (Å²) in [6.45, 7) is 4.11. The van der Waals surface area contributed by atoms with E-state index in [2.05, 4.69) is 0 Å². The van der Waals surface area contributed by atoms with Crippen LogP contribution >= 0.6 is 0 Å². The molecule has 0 aromatic heterocycles. The van der Waals surface area contributed by atoms with Crippen molar-refractivity contribution in [2.75, 3.05) is 6.54 Å². The quantitative estimate of drug-likeness (QED) is 0.884. The summed E-state index contributed by atoms with van der Waals surface area (Å²) in [5.41, 5.74) is 6.87. The molecule has 114 valence electrons. The maximum atomic E-state index is 12.7. The number of carbonyl (C=O) groups is 2. The van der Waals surface area contributed by atoms with Gasteiger partial charge in [0.1, 0.15) is 0 Å². The lowest BCUT2D eigenvalue weighted by Crippen LogP contribution is -2.57. The smallest absolute Gasteiger partial charge is 0.331 e. The Hall–Kier alpha value is -1.88. The predicted molar refractivity (Wildman–Crippen MR) is 79.7 cm³/mol. The first kappa shape index (κ1) is 15.5. The summed E-state index contributed by atoms with van der Waals surface area (Å²) in [6.07, 6.45) is 1.65. The number of amides is 1. The lowest BCUT2D eigenvalue weighted by Gasteiger charge is -2.39. The third-order valence-corrected chi connectivity index (χ3v) is 4.47. The zero-order valence-electron chi connectivity index (χ0n) is 12.5. The molecule has 0 spiro atoms. The Morgan fingerprint density at radius 1 is 1.33 bits per heavy atom. The van der Waals surface area contributed by atoms with Gasteiger partial charge in [0.15, 0.2) is 6.04 Å². The number of hydrogen-bond donors (Lipinski definition) is 2. The maximum absolute atomic E-state index is 12.7. The van der Waals surface area contributed by atoms with Gasteiger partial charge < -0.3 is 15.7 Å². The van der Waals surface area contributed by atoms with Crippen molar-refractivity contribution in [3.63, 3.8) is 0 Å². The van der Waals surface area contributed by atoms with Crippen LogP contribution in [0.5, 0.6) is 0 Å². The molecule has 0 aliphatic carbocycles. The average Bonchev–Trinajstić information content (AvgIpc) is 2.51. The lowest BCUT2D eigenvalue weighted by molar-refractivity contribution is -0.154. The molecule has 1 unspecified atom stereocenters. The third-order valence-electron chi connectivity index (χ3n) is 4.47. The fourth-order valence-corrected chi connectivity index (χ4v) is 2.89. The number of hydrogen-bond acceptors (Lipinski definition) is 3. The molecule has 1 amide bonds. The molecule has 1 aromatic rings. The molecule has 0 saturated heterocycles. The summed E-state index contributed by atoms with van der Waals surface area (Å²) in [5.74, 6) is -1.28.